The molecule has 0 aromatic heterocycles. The standard InChI is InChI=1S/C17H28N2O2/c1-4-7-10-13(9-5-2)19-17(20)14-11-8-12-15(18)16(14)21-6-3/h8,11-13H,4-7,9-10,18H2,1-3H3,(H,19,20). The van der Waals surface area contributed by atoms with Crippen LogP contribution in [0.4, 0.5) is 5.69 Å². The maximum absolute atomic E-state index is 12.5. The van der Waals surface area contributed by atoms with Gasteiger partial charge in [-0.1, -0.05) is 39.2 Å². The van der Waals surface area contributed by atoms with Gasteiger partial charge in [0.25, 0.3) is 5.91 Å². The van der Waals surface area contributed by atoms with E-state index in [1.165, 1.54) is 0 Å². The molecule has 1 rings (SSSR count). The van der Waals surface area contributed by atoms with Gasteiger partial charge in [-0.05, 0) is 31.9 Å². The molecule has 1 atom stereocenters. The van der Waals surface area contributed by atoms with E-state index in [1.54, 1.807) is 18.2 Å². The minimum atomic E-state index is -0.0969. The lowest BCUT2D eigenvalue weighted by molar-refractivity contribution is 0.0928. The summed E-state index contributed by atoms with van der Waals surface area (Å²) in [5.74, 6) is 0.392. The van der Waals surface area contributed by atoms with Crippen molar-refractivity contribution in [3.63, 3.8) is 0 Å². The van der Waals surface area contributed by atoms with Crippen LogP contribution in [0.5, 0.6) is 5.75 Å². The fourth-order valence-electron chi connectivity index (χ4n) is 2.39. The Hall–Kier alpha value is -1.71. The van der Waals surface area contributed by atoms with Crippen molar-refractivity contribution in [1.82, 2.24) is 5.32 Å². The van der Waals surface area contributed by atoms with Crippen molar-refractivity contribution in [2.45, 2.75) is 58.9 Å². The Morgan fingerprint density at radius 2 is 2.00 bits per heavy atom. The number of ether oxygens (including phenoxy) is 1. The lowest BCUT2D eigenvalue weighted by Crippen LogP contribution is -2.35. The smallest absolute Gasteiger partial charge is 0.255 e. The van der Waals surface area contributed by atoms with Crippen LogP contribution in [0.1, 0.15) is 63.2 Å². The van der Waals surface area contributed by atoms with Gasteiger partial charge in [0.05, 0.1) is 17.9 Å². The van der Waals surface area contributed by atoms with Gasteiger partial charge in [0.2, 0.25) is 0 Å². The monoisotopic (exact) mass is 292 g/mol. The van der Waals surface area contributed by atoms with E-state index in [2.05, 4.69) is 19.2 Å². The molecule has 0 aliphatic carbocycles. The van der Waals surface area contributed by atoms with E-state index in [4.69, 9.17) is 10.5 Å². The van der Waals surface area contributed by atoms with Crippen LogP contribution in [0.3, 0.4) is 0 Å². The van der Waals surface area contributed by atoms with E-state index in [-0.39, 0.29) is 11.9 Å². The first-order valence-electron chi connectivity index (χ1n) is 7.96. The zero-order valence-electron chi connectivity index (χ0n) is 13.4. The number of anilines is 1. The third-order valence-electron chi connectivity index (χ3n) is 3.46. The highest BCUT2D eigenvalue weighted by atomic mass is 16.5. The second-order valence-electron chi connectivity index (χ2n) is 5.26. The van der Waals surface area contributed by atoms with Crippen LogP contribution in [0, 0.1) is 0 Å². The SMILES string of the molecule is CCCCC(CCC)NC(=O)c1cccc(N)c1OCC. The minimum Gasteiger partial charge on any atom is -0.491 e. The van der Waals surface area contributed by atoms with E-state index in [9.17, 15) is 4.79 Å². The van der Waals surface area contributed by atoms with Crippen molar-refractivity contribution in [3.05, 3.63) is 23.8 Å². The second-order valence-corrected chi connectivity index (χ2v) is 5.26. The van der Waals surface area contributed by atoms with Gasteiger partial charge < -0.3 is 15.8 Å². The van der Waals surface area contributed by atoms with Crippen LogP contribution < -0.4 is 15.8 Å². The molecule has 1 aromatic carbocycles. The van der Waals surface area contributed by atoms with Gasteiger partial charge in [0, 0.05) is 6.04 Å². The molecule has 1 amide bonds. The quantitative estimate of drug-likeness (QED) is 0.681. The first-order chi connectivity index (χ1) is 10.1. The number of rotatable bonds is 9. The number of benzene rings is 1. The molecule has 21 heavy (non-hydrogen) atoms. The topological polar surface area (TPSA) is 64.4 Å². The normalized spacial score (nSPS) is 12.0. The number of unbranched alkanes of at least 4 members (excludes halogenated alkanes) is 1. The molecule has 0 aliphatic rings. The zero-order valence-corrected chi connectivity index (χ0v) is 13.4. The first-order valence-corrected chi connectivity index (χ1v) is 7.96. The molecule has 0 aliphatic heterocycles. The third-order valence-corrected chi connectivity index (χ3v) is 3.46. The maximum Gasteiger partial charge on any atom is 0.255 e. The van der Waals surface area contributed by atoms with Crippen LogP contribution in [0.2, 0.25) is 0 Å². The highest BCUT2D eigenvalue weighted by Crippen LogP contribution is 2.26. The maximum atomic E-state index is 12.5. The molecule has 0 saturated carbocycles. The molecule has 4 nitrogen and oxygen atoms in total. The number of carbonyl (C=O) groups excluding carboxylic acids is 1. The molecule has 0 bridgehead atoms. The molecule has 3 N–H and O–H groups in total. The average Bonchev–Trinajstić information content (AvgIpc) is 2.47. The highest BCUT2D eigenvalue weighted by Gasteiger charge is 2.18. The lowest BCUT2D eigenvalue weighted by atomic mass is 10.0. The van der Waals surface area contributed by atoms with Crippen molar-refractivity contribution in [1.29, 1.82) is 0 Å². The van der Waals surface area contributed by atoms with E-state index in [0.29, 0.717) is 23.6 Å². The molecule has 0 heterocycles. The first kappa shape index (κ1) is 17.3. The number of amides is 1. The van der Waals surface area contributed by atoms with Gasteiger partial charge in [-0.15, -0.1) is 0 Å². The van der Waals surface area contributed by atoms with Crippen LogP contribution in [0.15, 0.2) is 18.2 Å². The molecule has 1 aromatic rings. The molecule has 118 valence electrons. The Balaban J connectivity index is 2.84. The van der Waals surface area contributed by atoms with E-state index < -0.39 is 0 Å². The van der Waals surface area contributed by atoms with Gasteiger partial charge in [0.1, 0.15) is 0 Å². The predicted molar refractivity (Wildman–Crippen MR) is 87.7 cm³/mol. The van der Waals surface area contributed by atoms with Gasteiger partial charge in [-0.25, -0.2) is 0 Å². The average molecular weight is 292 g/mol. The predicted octanol–water partition coefficient (Wildman–Crippen LogP) is 3.76. The van der Waals surface area contributed by atoms with Crippen molar-refractivity contribution < 1.29 is 9.53 Å². The molecule has 0 radical (unpaired) electrons. The molecule has 0 saturated heterocycles. The fraction of sp³-hybridized carbons (Fsp3) is 0.588. The number of para-hydroxylation sites is 1. The Morgan fingerprint density at radius 1 is 1.24 bits per heavy atom. The third kappa shape index (κ3) is 5.29. The summed E-state index contributed by atoms with van der Waals surface area (Å²) in [5.41, 5.74) is 6.94. The minimum absolute atomic E-state index is 0.0969. The summed E-state index contributed by atoms with van der Waals surface area (Å²) in [4.78, 5) is 12.5. The van der Waals surface area contributed by atoms with Crippen LogP contribution in [0.25, 0.3) is 0 Å². The van der Waals surface area contributed by atoms with Gasteiger partial charge in [-0.2, -0.15) is 0 Å². The Labute approximate surface area is 128 Å². The Bertz CT molecular complexity index is 446. The number of carbonyl (C=O) groups is 1. The molecule has 1 unspecified atom stereocenters. The number of nitrogens with one attached hydrogen (secondary N) is 1. The van der Waals surface area contributed by atoms with Gasteiger partial charge in [0.15, 0.2) is 5.75 Å². The Kier molecular flexibility index (Phi) is 7.65. The van der Waals surface area contributed by atoms with Crippen molar-refractivity contribution in [2.24, 2.45) is 0 Å². The van der Waals surface area contributed by atoms with Gasteiger partial charge in [-0.3, -0.25) is 4.79 Å². The van der Waals surface area contributed by atoms with Crippen molar-refractivity contribution in [2.75, 3.05) is 12.3 Å². The highest BCUT2D eigenvalue weighted by molar-refractivity contribution is 5.98. The number of hydrogen-bond acceptors (Lipinski definition) is 3. The second kappa shape index (κ2) is 9.27. The van der Waals surface area contributed by atoms with E-state index in [1.807, 2.05) is 6.92 Å². The lowest BCUT2D eigenvalue weighted by Gasteiger charge is -2.19. The summed E-state index contributed by atoms with van der Waals surface area (Å²) in [6, 6.07) is 5.52. The number of hydrogen-bond donors (Lipinski definition) is 2. The van der Waals surface area contributed by atoms with Crippen LogP contribution in [-0.4, -0.2) is 18.6 Å². The number of nitrogen functional groups attached to an aromatic ring is 1. The zero-order chi connectivity index (χ0) is 15.7. The Morgan fingerprint density at radius 3 is 2.62 bits per heavy atom. The summed E-state index contributed by atoms with van der Waals surface area (Å²) in [5, 5.41) is 3.12. The molecule has 4 heteroatoms. The van der Waals surface area contributed by atoms with Crippen LogP contribution >= 0.6 is 0 Å². The summed E-state index contributed by atoms with van der Waals surface area (Å²) < 4.78 is 5.53. The van der Waals surface area contributed by atoms with Gasteiger partial charge >= 0.3 is 0 Å². The summed E-state index contributed by atoms with van der Waals surface area (Å²) in [7, 11) is 0. The van der Waals surface area contributed by atoms with E-state index >= 15 is 0 Å². The molecule has 0 fully saturated rings. The molecule has 0 spiro atoms. The van der Waals surface area contributed by atoms with E-state index in [0.717, 1.165) is 32.1 Å². The molecular weight excluding hydrogens is 264 g/mol. The summed E-state index contributed by atoms with van der Waals surface area (Å²) >= 11 is 0. The largest absolute Gasteiger partial charge is 0.491 e. The molecular formula is C17H28N2O2. The number of nitrogens with two attached hydrogens (primary N) is 1. The summed E-state index contributed by atoms with van der Waals surface area (Å²) in [6.07, 6.45) is 5.34. The fourth-order valence-corrected chi connectivity index (χ4v) is 2.39. The van der Waals surface area contributed by atoms with Crippen LogP contribution in [-0.2, 0) is 0 Å². The van der Waals surface area contributed by atoms with Crippen molar-refractivity contribution in [3.8, 4) is 5.75 Å². The van der Waals surface area contributed by atoms with Crippen molar-refractivity contribution >= 4 is 11.6 Å². The summed E-state index contributed by atoms with van der Waals surface area (Å²) in [6.45, 7) is 6.67.